The van der Waals surface area contributed by atoms with Gasteiger partial charge in [0.1, 0.15) is 23.1 Å². The molecule has 0 unspecified atom stereocenters. The van der Waals surface area contributed by atoms with E-state index >= 15 is 0 Å². The fourth-order valence-corrected chi connectivity index (χ4v) is 16.4. The minimum Gasteiger partial charge on any atom is -0.494 e. The number of fused-ring (bicyclic) bond motifs is 3. The Morgan fingerprint density at radius 2 is 1.06 bits per heavy atom. The van der Waals surface area contributed by atoms with Crippen molar-refractivity contribution in [3.8, 4) is 37.8 Å². The third-order valence-electron chi connectivity index (χ3n) is 11.9. The van der Waals surface area contributed by atoms with Crippen LogP contribution in [-0.4, -0.2) is 35.8 Å². The Kier molecular flexibility index (Phi) is 18.7. The van der Waals surface area contributed by atoms with Crippen molar-refractivity contribution in [3.63, 3.8) is 0 Å². The lowest BCUT2D eigenvalue weighted by molar-refractivity contribution is -0.132. The molecule has 5 aromatic rings. The van der Waals surface area contributed by atoms with Crippen LogP contribution in [0.5, 0.6) is 11.5 Å². The first-order valence-corrected chi connectivity index (χ1v) is 27.2. The number of carbonyl (C=O) groups is 1. The Bertz CT molecular complexity index is 2180. The fourth-order valence-electron chi connectivity index (χ4n) is 8.41. The van der Waals surface area contributed by atoms with Gasteiger partial charge in [-0.15, -0.1) is 22.7 Å². The number of carboxylic acids is 1. The Morgan fingerprint density at radius 3 is 1.52 bits per heavy atom. The summed E-state index contributed by atoms with van der Waals surface area (Å²) < 4.78 is 12.3. The lowest BCUT2D eigenvalue weighted by Gasteiger charge is -2.37. The lowest BCUT2D eigenvalue weighted by Crippen LogP contribution is -2.10. The number of ether oxygens (including phenoxy) is 2. The molecule has 1 N–H and O–H groups in total. The summed E-state index contributed by atoms with van der Waals surface area (Å²) in [6, 6.07) is 32.6. The molecule has 0 atom stereocenters. The van der Waals surface area contributed by atoms with E-state index in [1.807, 2.05) is 17.4 Å². The van der Waals surface area contributed by atoms with Gasteiger partial charge in [0.15, 0.2) is 0 Å². The minimum atomic E-state index is -1.36. The maximum absolute atomic E-state index is 11.9. The Hall–Kier alpha value is -4.49. The van der Waals surface area contributed by atoms with E-state index < -0.39 is 16.0 Å². The van der Waals surface area contributed by atoms with Gasteiger partial charge in [-0.25, -0.2) is 4.79 Å². The van der Waals surface area contributed by atoms with Crippen LogP contribution in [0.25, 0.3) is 26.3 Å². The standard InChI is InChI=1S/C54H68N2O4S3/c1-5-9-13-17-33-59-46-29-25-44(26-30-46)56(45-27-31-47(32-28-45)60-34-18-14-10-6-2)43-23-21-41(22-24-43)49-39-51-53(62-49)52-50(38-48(61-52)37-42(40-55)54(57)58)63(51,35-19-15-11-7-3)36-20-16-12-8-4/h21-32,37-39H,5-20,33-36H2,1-4H3,(H,57,58)/b42-37+. The molecule has 3 heterocycles. The molecule has 6 rings (SSSR count). The number of thiophene rings is 2. The molecular formula is C54H68N2O4S3. The minimum absolute atomic E-state index is 0.216. The molecule has 0 amide bonds. The van der Waals surface area contributed by atoms with Gasteiger partial charge in [0, 0.05) is 36.6 Å². The van der Waals surface area contributed by atoms with E-state index in [1.165, 1.54) is 120 Å². The van der Waals surface area contributed by atoms with E-state index in [-0.39, 0.29) is 5.57 Å². The average Bonchev–Trinajstić information content (AvgIpc) is 3.99. The summed E-state index contributed by atoms with van der Waals surface area (Å²) in [5, 5.41) is 19.4. The van der Waals surface area contributed by atoms with Gasteiger partial charge >= 0.3 is 5.97 Å². The van der Waals surface area contributed by atoms with Crippen molar-refractivity contribution in [1.82, 2.24) is 0 Å². The predicted molar refractivity (Wildman–Crippen MR) is 270 cm³/mol. The van der Waals surface area contributed by atoms with Crippen LogP contribution in [0.2, 0.25) is 0 Å². The molecule has 0 aliphatic carbocycles. The second-order valence-corrected chi connectivity index (χ2v) is 22.3. The van der Waals surface area contributed by atoms with Gasteiger partial charge in [-0.05, 0) is 122 Å². The van der Waals surface area contributed by atoms with Crippen molar-refractivity contribution in [3.05, 3.63) is 95.4 Å². The number of nitrogens with zero attached hydrogens (tertiary/aromatic N) is 2. The van der Waals surface area contributed by atoms with Gasteiger partial charge in [-0.3, -0.25) is 0 Å². The van der Waals surface area contributed by atoms with Crippen molar-refractivity contribution in [2.45, 2.75) is 140 Å². The molecule has 9 heteroatoms. The highest BCUT2D eigenvalue weighted by Crippen LogP contribution is 2.76. The highest BCUT2D eigenvalue weighted by molar-refractivity contribution is 8.34. The van der Waals surface area contributed by atoms with Gasteiger partial charge in [0.2, 0.25) is 0 Å². The molecule has 0 bridgehead atoms. The van der Waals surface area contributed by atoms with E-state index in [9.17, 15) is 15.2 Å². The lowest BCUT2D eigenvalue weighted by atomic mass is 10.1. The Morgan fingerprint density at radius 1 is 0.619 bits per heavy atom. The second kappa shape index (κ2) is 24.5. The SMILES string of the molecule is CCCCCCOc1ccc(N(c2ccc(OCCCCCC)cc2)c2ccc(-c3cc4c(s3)-c3sc(/C=C(\C#N)C(=O)O)cc3S4(CCCCCC)CCCCCC)cc2)cc1. The Labute approximate surface area is 387 Å². The fraction of sp³-hybridized carbons (Fsp3) is 0.444. The molecule has 6 nitrogen and oxygen atoms in total. The summed E-state index contributed by atoms with van der Waals surface area (Å²) in [6.07, 6.45) is 20.7. The normalized spacial score (nSPS) is 13.3. The molecule has 1 aliphatic heterocycles. The zero-order valence-corrected chi connectivity index (χ0v) is 40.5. The van der Waals surface area contributed by atoms with Gasteiger partial charge in [-0.1, -0.05) is 117 Å². The number of hydrogen-bond acceptors (Lipinski definition) is 7. The summed E-state index contributed by atoms with van der Waals surface area (Å²) in [7, 11) is -1.36. The topological polar surface area (TPSA) is 82.8 Å². The number of anilines is 3. The van der Waals surface area contributed by atoms with Crippen LogP contribution in [0.4, 0.5) is 17.1 Å². The van der Waals surface area contributed by atoms with Gasteiger partial charge in [-0.2, -0.15) is 15.3 Å². The largest absolute Gasteiger partial charge is 0.494 e. The summed E-state index contributed by atoms with van der Waals surface area (Å²) in [5.74, 6) is 2.91. The van der Waals surface area contributed by atoms with Crippen molar-refractivity contribution in [2.24, 2.45) is 0 Å². The summed E-state index contributed by atoms with van der Waals surface area (Å²) >= 11 is 3.53. The van der Waals surface area contributed by atoms with Crippen LogP contribution in [-0.2, 0) is 4.79 Å². The van der Waals surface area contributed by atoms with Crippen LogP contribution in [0.3, 0.4) is 0 Å². The molecule has 0 radical (unpaired) electrons. The monoisotopic (exact) mass is 904 g/mol. The molecule has 0 saturated heterocycles. The number of nitriles is 1. The summed E-state index contributed by atoms with van der Waals surface area (Å²) in [4.78, 5) is 21.9. The summed E-state index contributed by atoms with van der Waals surface area (Å²) in [6.45, 7) is 10.5. The smallest absolute Gasteiger partial charge is 0.346 e. The maximum Gasteiger partial charge on any atom is 0.346 e. The van der Waals surface area contributed by atoms with E-state index in [4.69, 9.17) is 9.47 Å². The maximum atomic E-state index is 11.9. The highest BCUT2D eigenvalue weighted by atomic mass is 32.3. The van der Waals surface area contributed by atoms with Crippen molar-refractivity contribution in [2.75, 3.05) is 29.6 Å². The van der Waals surface area contributed by atoms with E-state index in [0.29, 0.717) is 0 Å². The molecule has 336 valence electrons. The number of rotatable bonds is 28. The van der Waals surface area contributed by atoms with Crippen LogP contribution in [0, 0.1) is 11.3 Å². The van der Waals surface area contributed by atoms with Gasteiger partial charge in [0.25, 0.3) is 0 Å². The van der Waals surface area contributed by atoms with Crippen LogP contribution in [0.15, 0.2) is 100 Å². The molecular weight excluding hydrogens is 837 g/mol. The quantitative estimate of drug-likeness (QED) is 0.0306. The van der Waals surface area contributed by atoms with Crippen LogP contribution in [0.1, 0.15) is 135 Å². The van der Waals surface area contributed by atoms with Crippen molar-refractivity contribution in [1.29, 1.82) is 5.26 Å². The van der Waals surface area contributed by atoms with Gasteiger partial charge in [0.05, 0.1) is 23.0 Å². The molecule has 1 aliphatic rings. The van der Waals surface area contributed by atoms with E-state index in [2.05, 4.69) is 118 Å². The molecule has 2 aromatic heterocycles. The first kappa shape index (κ1) is 48.0. The third kappa shape index (κ3) is 12.4. The van der Waals surface area contributed by atoms with Gasteiger partial charge < -0.3 is 19.5 Å². The number of hydrogen-bond donors (Lipinski definition) is 1. The predicted octanol–water partition coefficient (Wildman–Crippen LogP) is 17.2. The Balaban J connectivity index is 1.34. The van der Waals surface area contributed by atoms with E-state index in [1.54, 1.807) is 17.4 Å². The zero-order valence-electron chi connectivity index (χ0n) is 38.1. The molecule has 0 fully saturated rings. The summed E-state index contributed by atoms with van der Waals surface area (Å²) in [5.41, 5.74) is 4.16. The van der Waals surface area contributed by atoms with Crippen LogP contribution >= 0.6 is 32.7 Å². The molecule has 3 aromatic carbocycles. The highest BCUT2D eigenvalue weighted by Gasteiger charge is 2.41. The molecule has 0 saturated carbocycles. The molecule has 0 spiro atoms. The van der Waals surface area contributed by atoms with Crippen molar-refractivity contribution >= 4 is 61.8 Å². The third-order valence-corrected chi connectivity index (χ3v) is 18.9. The number of unbranched alkanes of at least 4 members (excludes halogenated alkanes) is 12. The number of carboxylic acid groups (broad SMARTS) is 1. The van der Waals surface area contributed by atoms with Crippen molar-refractivity contribution < 1.29 is 19.4 Å². The average molecular weight is 905 g/mol. The van der Waals surface area contributed by atoms with E-state index in [0.717, 1.165) is 71.0 Å². The number of benzene rings is 3. The second-order valence-electron chi connectivity index (χ2n) is 16.7. The number of aliphatic carboxylic acids is 1. The van der Waals surface area contributed by atoms with Crippen LogP contribution < -0.4 is 14.4 Å². The first-order chi connectivity index (χ1) is 30.8. The molecule has 63 heavy (non-hydrogen) atoms. The first-order valence-electron chi connectivity index (χ1n) is 23.6. The zero-order chi connectivity index (χ0) is 44.4.